The number of nitrogens with two attached hydrogens (primary N) is 1. The molecule has 3 rings (SSSR count). The average molecular weight is 466 g/mol. The Labute approximate surface area is 172 Å². The van der Waals surface area contributed by atoms with Gasteiger partial charge in [-0.2, -0.15) is 0 Å². The van der Waals surface area contributed by atoms with Crippen LogP contribution < -0.4 is 15.8 Å². The van der Waals surface area contributed by atoms with Crippen LogP contribution in [-0.4, -0.2) is 37.6 Å². The van der Waals surface area contributed by atoms with Crippen molar-refractivity contribution < 1.29 is 4.74 Å². The maximum atomic E-state index is 6.08. The van der Waals surface area contributed by atoms with Crippen molar-refractivity contribution in [1.82, 2.24) is 10.2 Å². The van der Waals surface area contributed by atoms with E-state index in [9.17, 15) is 0 Å². The number of nitrogens with zero attached hydrogens (tertiary/aromatic N) is 2. The number of halogens is 1. The molecule has 140 valence electrons. The van der Waals surface area contributed by atoms with Gasteiger partial charge < -0.3 is 20.7 Å². The van der Waals surface area contributed by atoms with Crippen molar-refractivity contribution >= 4 is 29.9 Å². The summed E-state index contributed by atoms with van der Waals surface area (Å²) >= 11 is 0. The number of fused-ring (bicyclic) bond motifs is 1. The molecule has 1 aliphatic heterocycles. The predicted octanol–water partition coefficient (Wildman–Crippen LogP) is 3.16. The van der Waals surface area contributed by atoms with Crippen LogP contribution in [0.3, 0.4) is 0 Å². The van der Waals surface area contributed by atoms with Gasteiger partial charge in [0.15, 0.2) is 5.96 Å². The zero-order chi connectivity index (χ0) is 17.5. The standard InChI is InChI=1S/C20H26N4O.HI/c1-24(15-16-7-3-2-4-8-16)13-12-22-20(21)23-18-11-14-25-19-10-6-5-9-17(18)19;/h2-10,18H,11-15H2,1H3,(H3,21,22,23);1H. The van der Waals surface area contributed by atoms with Gasteiger partial charge in [-0.25, -0.2) is 0 Å². The van der Waals surface area contributed by atoms with Crippen molar-refractivity contribution in [2.24, 2.45) is 10.7 Å². The molecule has 0 amide bonds. The van der Waals surface area contributed by atoms with Crippen molar-refractivity contribution in [3.8, 4) is 5.75 Å². The number of benzene rings is 2. The molecule has 5 nitrogen and oxygen atoms in total. The minimum Gasteiger partial charge on any atom is -0.493 e. The van der Waals surface area contributed by atoms with Crippen LogP contribution in [0.1, 0.15) is 23.6 Å². The van der Waals surface area contributed by atoms with Crippen LogP contribution in [0.25, 0.3) is 0 Å². The van der Waals surface area contributed by atoms with E-state index < -0.39 is 0 Å². The fourth-order valence-electron chi connectivity index (χ4n) is 3.03. The van der Waals surface area contributed by atoms with Crippen LogP contribution in [-0.2, 0) is 6.54 Å². The Kier molecular flexibility index (Phi) is 8.18. The number of ether oxygens (including phenoxy) is 1. The minimum absolute atomic E-state index is 0. The molecule has 1 aliphatic rings. The van der Waals surface area contributed by atoms with Gasteiger partial charge in [-0.1, -0.05) is 48.5 Å². The van der Waals surface area contributed by atoms with Crippen molar-refractivity contribution in [3.63, 3.8) is 0 Å². The number of aliphatic imine (C=N–C) groups is 1. The van der Waals surface area contributed by atoms with E-state index in [0.717, 1.165) is 30.8 Å². The fourth-order valence-corrected chi connectivity index (χ4v) is 3.03. The molecule has 26 heavy (non-hydrogen) atoms. The monoisotopic (exact) mass is 466 g/mol. The van der Waals surface area contributed by atoms with Crippen LogP contribution in [0, 0.1) is 0 Å². The molecule has 0 aliphatic carbocycles. The van der Waals surface area contributed by atoms with E-state index in [1.54, 1.807) is 0 Å². The first-order valence-electron chi connectivity index (χ1n) is 8.73. The molecule has 1 unspecified atom stereocenters. The highest BCUT2D eigenvalue weighted by Gasteiger charge is 2.21. The second-order valence-electron chi connectivity index (χ2n) is 6.36. The summed E-state index contributed by atoms with van der Waals surface area (Å²) in [5, 5.41) is 3.33. The number of hydrogen-bond acceptors (Lipinski definition) is 3. The van der Waals surface area contributed by atoms with E-state index in [-0.39, 0.29) is 30.0 Å². The third kappa shape index (κ3) is 5.88. The van der Waals surface area contributed by atoms with E-state index in [1.807, 2.05) is 24.3 Å². The maximum absolute atomic E-state index is 6.08. The summed E-state index contributed by atoms with van der Waals surface area (Å²) in [6, 6.07) is 18.7. The highest BCUT2D eigenvalue weighted by Crippen LogP contribution is 2.31. The molecule has 0 spiro atoms. The quantitative estimate of drug-likeness (QED) is 0.390. The van der Waals surface area contributed by atoms with Gasteiger partial charge in [0.1, 0.15) is 5.75 Å². The molecule has 1 atom stereocenters. The van der Waals surface area contributed by atoms with Crippen LogP contribution in [0.4, 0.5) is 0 Å². The summed E-state index contributed by atoms with van der Waals surface area (Å²) in [5.41, 5.74) is 8.53. The summed E-state index contributed by atoms with van der Waals surface area (Å²) in [6.07, 6.45) is 0.890. The van der Waals surface area contributed by atoms with Gasteiger partial charge in [0.25, 0.3) is 0 Å². The third-order valence-electron chi connectivity index (χ3n) is 4.34. The Hall–Kier alpha value is -1.80. The van der Waals surface area contributed by atoms with Crippen molar-refractivity contribution in [3.05, 3.63) is 65.7 Å². The Morgan fingerprint density at radius 2 is 1.92 bits per heavy atom. The molecule has 0 fully saturated rings. The third-order valence-corrected chi connectivity index (χ3v) is 4.34. The van der Waals surface area contributed by atoms with Gasteiger partial charge in [-0.3, -0.25) is 4.99 Å². The molecular formula is C20H27IN4O. The lowest BCUT2D eigenvalue weighted by molar-refractivity contribution is 0.262. The lowest BCUT2D eigenvalue weighted by atomic mass is 10.0. The zero-order valence-corrected chi connectivity index (χ0v) is 17.4. The molecule has 2 aromatic carbocycles. The largest absolute Gasteiger partial charge is 0.493 e. The summed E-state index contributed by atoms with van der Waals surface area (Å²) in [4.78, 5) is 6.72. The summed E-state index contributed by atoms with van der Waals surface area (Å²) in [6.45, 7) is 3.15. The minimum atomic E-state index is 0. The Balaban J connectivity index is 0.00000243. The van der Waals surface area contributed by atoms with Crippen molar-refractivity contribution in [2.75, 3.05) is 26.7 Å². The first-order valence-corrected chi connectivity index (χ1v) is 8.73. The number of guanidine groups is 1. The molecule has 0 saturated heterocycles. The number of para-hydroxylation sites is 1. The second-order valence-corrected chi connectivity index (χ2v) is 6.36. The highest BCUT2D eigenvalue weighted by molar-refractivity contribution is 14.0. The van der Waals surface area contributed by atoms with Gasteiger partial charge in [0.05, 0.1) is 19.2 Å². The average Bonchev–Trinajstić information content (AvgIpc) is 2.63. The van der Waals surface area contributed by atoms with Gasteiger partial charge in [0.2, 0.25) is 0 Å². The number of rotatable bonds is 6. The van der Waals surface area contributed by atoms with Gasteiger partial charge >= 0.3 is 0 Å². The van der Waals surface area contributed by atoms with Crippen LogP contribution in [0.2, 0.25) is 0 Å². The second kappa shape index (κ2) is 10.4. The van der Waals surface area contributed by atoms with Crippen LogP contribution in [0.5, 0.6) is 5.75 Å². The van der Waals surface area contributed by atoms with Gasteiger partial charge in [0, 0.05) is 25.1 Å². The summed E-state index contributed by atoms with van der Waals surface area (Å²) in [5.74, 6) is 1.43. The van der Waals surface area contributed by atoms with Gasteiger partial charge in [-0.15, -0.1) is 24.0 Å². The maximum Gasteiger partial charge on any atom is 0.189 e. The van der Waals surface area contributed by atoms with E-state index in [0.29, 0.717) is 19.1 Å². The van der Waals surface area contributed by atoms with Crippen molar-refractivity contribution in [1.29, 1.82) is 0 Å². The van der Waals surface area contributed by atoms with Gasteiger partial charge in [-0.05, 0) is 18.7 Å². The molecule has 0 saturated carbocycles. The topological polar surface area (TPSA) is 62.9 Å². The first kappa shape index (κ1) is 20.5. The van der Waals surface area contributed by atoms with E-state index in [4.69, 9.17) is 10.5 Å². The predicted molar refractivity (Wildman–Crippen MR) is 117 cm³/mol. The zero-order valence-electron chi connectivity index (χ0n) is 15.1. The van der Waals surface area contributed by atoms with Crippen molar-refractivity contribution in [2.45, 2.75) is 19.0 Å². The molecule has 0 bridgehead atoms. The van der Waals surface area contributed by atoms with Crippen LogP contribution >= 0.6 is 24.0 Å². The number of nitrogens with one attached hydrogen (secondary N) is 1. The molecular weight excluding hydrogens is 439 g/mol. The van der Waals surface area contributed by atoms with Crippen LogP contribution in [0.15, 0.2) is 59.6 Å². The summed E-state index contributed by atoms with van der Waals surface area (Å²) in [7, 11) is 2.10. The Morgan fingerprint density at radius 3 is 2.73 bits per heavy atom. The first-order chi connectivity index (χ1) is 12.2. The fraction of sp³-hybridized carbons (Fsp3) is 0.350. The lowest BCUT2D eigenvalue weighted by Crippen LogP contribution is -2.37. The number of hydrogen-bond donors (Lipinski definition) is 2. The Bertz CT molecular complexity index is 708. The van der Waals surface area contributed by atoms with E-state index >= 15 is 0 Å². The van der Waals surface area contributed by atoms with E-state index in [2.05, 4.69) is 52.6 Å². The SMILES string of the molecule is CN(CCN=C(N)NC1CCOc2ccccc21)Cc1ccccc1.I. The molecule has 2 aromatic rings. The molecule has 3 N–H and O–H groups in total. The molecule has 1 heterocycles. The smallest absolute Gasteiger partial charge is 0.189 e. The Morgan fingerprint density at radius 1 is 1.19 bits per heavy atom. The summed E-state index contributed by atoms with van der Waals surface area (Å²) < 4.78 is 5.68. The molecule has 0 radical (unpaired) electrons. The number of likely N-dealkylation sites (N-methyl/N-ethyl adjacent to an activating group) is 1. The lowest BCUT2D eigenvalue weighted by Gasteiger charge is -2.27. The molecule has 0 aromatic heterocycles. The normalized spacial score (nSPS) is 16.4. The van der Waals surface area contributed by atoms with E-state index in [1.165, 1.54) is 5.56 Å². The molecule has 6 heteroatoms. The highest BCUT2D eigenvalue weighted by atomic mass is 127.